The topological polar surface area (TPSA) is 126 Å². The first-order valence-electron chi connectivity index (χ1n) is 12.0. The summed E-state index contributed by atoms with van der Waals surface area (Å²) in [7, 11) is 3.55. The van der Waals surface area contributed by atoms with Gasteiger partial charge in [-0.1, -0.05) is 25.1 Å². The molecular formula is C27H29FN6O3S. The first-order chi connectivity index (χ1) is 18.2. The van der Waals surface area contributed by atoms with Crippen molar-refractivity contribution in [3.05, 3.63) is 83.1 Å². The predicted molar refractivity (Wildman–Crippen MR) is 145 cm³/mol. The van der Waals surface area contributed by atoms with E-state index in [1.807, 2.05) is 13.2 Å². The van der Waals surface area contributed by atoms with E-state index in [4.69, 9.17) is 5.73 Å². The van der Waals surface area contributed by atoms with E-state index in [2.05, 4.69) is 15.4 Å². The van der Waals surface area contributed by atoms with Gasteiger partial charge in [0.05, 0.1) is 11.8 Å². The van der Waals surface area contributed by atoms with Crippen LogP contribution in [0, 0.1) is 5.82 Å². The molecule has 3 aromatic heterocycles. The van der Waals surface area contributed by atoms with Crippen LogP contribution in [0.2, 0.25) is 0 Å². The van der Waals surface area contributed by atoms with Gasteiger partial charge < -0.3 is 21.1 Å². The van der Waals surface area contributed by atoms with E-state index < -0.39 is 11.7 Å². The highest BCUT2D eigenvalue weighted by atomic mass is 32.1. The number of likely N-dealkylation sites (N-methyl/N-ethyl adjacent to an activating group) is 1. The molecule has 1 aromatic carbocycles. The Morgan fingerprint density at radius 2 is 2.05 bits per heavy atom. The number of halogens is 1. The van der Waals surface area contributed by atoms with Crippen molar-refractivity contribution in [2.45, 2.75) is 19.3 Å². The van der Waals surface area contributed by atoms with Crippen LogP contribution in [0.5, 0.6) is 0 Å². The second-order valence-electron chi connectivity index (χ2n) is 9.07. The minimum atomic E-state index is -0.678. The normalized spacial score (nSPS) is 11.8. The Hall–Kier alpha value is -4.09. The molecule has 1 unspecified atom stereocenters. The number of nitrogens with two attached hydrogens (primary N) is 1. The molecule has 0 aliphatic rings. The zero-order chi connectivity index (χ0) is 27.4. The standard InChI is InChI=1S/C27H29FN6O3S/c1-16(15-35)18-7-8-19(21(28)11-18)23-12-20(25(29)36)26(38-23)32-24-6-4-5-22(31-24)27(37)33(2)10-9-17-13-30-34(3)14-17/h4-8,11-14,16,35H,9-10,15H2,1-3H3,(H2,29,36)(H,31,32). The Morgan fingerprint density at radius 3 is 2.71 bits per heavy atom. The second kappa shape index (κ2) is 11.5. The number of carbonyl (C=O) groups excluding carboxylic acids is 2. The highest BCUT2D eigenvalue weighted by molar-refractivity contribution is 7.20. The van der Waals surface area contributed by atoms with Crippen LogP contribution in [0.25, 0.3) is 10.4 Å². The highest BCUT2D eigenvalue weighted by Crippen LogP contribution is 2.38. The lowest BCUT2D eigenvalue weighted by molar-refractivity contribution is 0.0790. The number of hydrogen-bond acceptors (Lipinski definition) is 7. The van der Waals surface area contributed by atoms with Crippen molar-refractivity contribution in [2.75, 3.05) is 25.5 Å². The number of nitrogens with one attached hydrogen (secondary N) is 1. The minimum Gasteiger partial charge on any atom is -0.396 e. The zero-order valence-corrected chi connectivity index (χ0v) is 22.1. The Morgan fingerprint density at radius 1 is 1.26 bits per heavy atom. The summed E-state index contributed by atoms with van der Waals surface area (Å²) in [5.41, 5.74) is 8.03. The molecule has 1 atom stereocenters. The van der Waals surface area contributed by atoms with Crippen molar-refractivity contribution >= 4 is 34.0 Å². The molecule has 198 valence electrons. The monoisotopic (exact) mass is 536 g/mol. The summed E-state index contributed by atoms with van der Waals surface area (Å²) >= 11 is 1.15. The molecular weight excluding hydrogens is 507 g/mol. The van der Waals surface area contributed by atoms with E-state index in [9.17, 15) is 19.1 Å². The predicted octanol–water partition coefficient (Wildman–Crippen LogP) is 3.94. The first kappa shape index (κ1) is 27.0. The third-order valence-electron chi connectivity index (χ3n) is 6.15. The molecule has 4 aromatic rings. The van der Waals surface area contributed by atoms with Gasteiger partial charge in [0, 0.05) is 49.8 Å². The molecule has 38 heavy (non-hydrogen) atoms. The van der Waals surface area contributed by atoms with E-state index in [-0.39, 0.29) is 29.7 Å². The average Bonchev–Trinajstić information content (AvgIpc) is 3.52. The first-order valence-corrected chi connectivity index (χ1v) is 12.8. The summed E-state index contributed by atoms with van der Waals surface area (Å²) in [4.78, 5) is 31.6. The van der Waals surface area contributed by atoms with Crippen molar-refractivity contribution < 1.29 is 19.1 Å². The summed E-state index contributed by atoms with van der Waals surface area (Å²) in [6.45, 7) is 2.20. The van der Waals surface area contributed by atoms with Gasteiger partial charge in [0.1, 0.15) is 22.3 Å². The van der Waals surface area contributed by atoms with Gasteiger partial charge in [-0.15, -0.1) is 11.3 Å². The Bertz CT molecular complexity index is 1470. The van der Waals surface area contributed by atoms with Crippen LogP contribution < -0.4 is 11.1 Å². The van der Waals surface area contributed by atoms with E-state index in [1.54, 1.807) is 60.1 Å². The maximum Gasteiger partial charge on any atom is 0.272 e. The molecule has 0 radical (unpaired) electrons. The van der Waals surface area contributed by atoms with Crippen molar-refractivity contribution in [3.8, 4) is 10.4 Å². The lowest BCUT2D eigenvalue weighted by atomic mass is 9.99. The van der Waals surface area contributed by atoms with Crippen LogP contribution in [-0.2, 0) is 13.5 Å². The lowest BCUT2D eigenvalue weighted by Gasteiger charge is -2.16. The number of nitrogens with zero attached hydrogens (tertiary/aromatic N) is 4. The molecule has 4 N–H and O–H groups in total. The number of amides is 2. The van der Waals surface area contributed by atoms with Crippen molar-refractivity contribution in [3.63, 3.8) is 0 Å². The van der Waals surface area contributed by atoms with Crippen molar-refractivity contribution in [2.24, 2.45) is 12.8 Å². The number of carbonyl (C=O) groups is 2. The van der Waals surface area contributed by atoms with E-state index in [0.717, 1.165) is 16.9 Å². The van der Waals surface area contributed by atoms with E-state index in [1.165, 1.54) is 12.1 Å². The molecule has 0 aliphatic heterocycles. The number of aromatic nitrogens is 3. The summed E-state index contributed by atoms with van der Waals surface area (Å²) in [6, 6.07) is 11.3. The van der Waals surface area contributed by atoms with Crippen LogP contribution in [0.15, 0.2) is 54.9 Å². The third-order valence-corrected chi connectivity index (χ3v) is 7.23. The minimum absolute atomic E-state index is 0.0907. The summed E-state index contributed by atoms with van der Waals surface area (Å²) in [5.74, 6) is -1.25. The van der Waals surface area contributed by atoms with Gasteiger partial charge in [-0.25, -0.2) is 9.37 Å². The van der Waals surface area contributed by atoms with Gasteiger partial charge in [0.15, 0.2) is 0 Å². The van der Waals surface area contributed by atoms with Gasteiger partial charge >= 0.3 is 0 Å². The Labute approximate surface area is 223 Å². The third kappa shape index (κ3) is 6.06. The molecule has 0 saturated carbocycles. The molecule has 0 aliphatic carbocycles. The molecule has 2 amide bonds. The van der Waals surface area contributed by atoms with Gasteiger partial charge in [0.2, 0.25) is 0 Å². The van der Waals surface area contributed by atoms with Crippen LogP contribution in [0.1, 0.15) is 44.8 Å². The maximum atomic E-state index is 14.9. The van der Waals surface area contributed by atoms with Crippen molar-refractivity contribution in [1.82, 2.24) is 19.7 Å². The molecule has 9 nitrogen and oxygen atoms in total. The fraction of sp³-hybridized carbons (Fsp3) is 0.259. The number of thiophene rings is 1. The summed E-state index contributed by atoms with van der Waals surface area (Å²) in [5, 5.41) is 16.9. The SMILES string of the molecule is CC(CO)c1ccc(-c2cc(C(N)=O)c(Nc3cccc(C(=O)N(C)CCc4cnn(C)c4)n3)s2)c(F)c1. The summed E-state index contributed by atoms with van der Waals surface area (Å²) < 4.78 is 16.6. The number of rotatable bonds is 10. The quantitative estimate of drug-likeness (QED) is 0.282. The van der Waals surface area contributed by atoms with Crippen molar-refractivity contribution in [1.29, 1.82) is 0 Å². The molecule has 0 spiro atoms. The van der Waals surface area contributed by atoms with Gasteiger partial charge in [-0.2, -0.15) is 5.10 Å². The Kier molecular flexibility index (Phi) is 8.18. The molecule has 11 heteroatoms. The van der Waals surface area contributed by atoms with E-state index >= 15 is 0 Å². The smallest absolute Gasteiger partial charge is 0.272 e. The number of primary amides is 1. The number of hydrogen-bond donors (Lipinski definition) is 3. The molecule has 0 fully saturated rings. The zero-order valence-electron chi connectivity index (χ0n) is 21.3. The highest BCUT2D eigenvalue weighted by Gasteiger charge is 2.19. The molecule has 3 heterocycles. The largest absolute Gasteiger partial charge is 0.396 e. The number of benzene rings is 1. The average molecular weight is 537 g/mol. The number of pyridine rings is 1. The fourth-order valence-corrected chi connectivity index (χ4v) is 4.97. The fourth-order valence-electron chi connectivity index (χ4n) is 3.88. The molecule has 0 bridgehead atoms. The number of aryl methyl sites for hydroxylation is 1. The van der Waals surface area contributed by atoms with Gasteiger partial charge in [-0.3, -0.25) is 14.3 Å². The number of aliphatic hydroxyl groups is 1. The van der Waals surface area contributed by atoms with Crippen LogP contribution >= 0.6 is 11.3 Å². The number of anilines is 2. The van der Waals surface area contributed by atoms with Crippen LogP contribution in [0.3, 0.4) is 0 Å². The summed E-state index contributed by atoms with van der Waals surface area (Å²) in [6.07, 6.45) is 4.33. The van der Waals surface area contributed by atoms with Gasteiger partial charge in [-0.05, 0) is 41.8 Å². The number of aliphatic hydroxyl groups excluding tert-OH is 1. The van der Waals surface area contributed by atoms with Gasteiger partial charge in [0.25, 0.3) is 11.8 Å². The second-order valence-corrected chi connectivity index (χ2v) is 10.1. The molecule has 4 rings (SSSR count). The lowest BCUT2D eigenvalue weighted by Crippen LogP contribution is -2.29. The Balaban J connectivity index is 1.53. The van der Waals surface area contributed by atoms with E-state index in [0.29, 0.717) is 39.8 Å². The molecule has 0 saturated heterocycles. The van der Waals surface area contributed by atoms with Crippen LogP contribution in [-0.4, -0.2) is 56.8 Å². The van der Waals surface area contributed by atoms with Crippen LogP contribution in [0.4, 0.5) is 15.2 Å². The maximum absolute atomic E-state index is 14.9.